The maximum Gasteiger partial charge on any atom is 0.338 e. The van der Waals surface area contributed by atoms with Gasteiger partial charge in [0.1, 0.15) is 24.6 Å². The largest absolute Gasteiger partial charge is 0.497 e. The first-order valence-electron chi connectivity index (χ1n) is 14.2. The van der Waals surface area contributed by atoms with E-state index >= 15 is 0 Å². The van der Waals surface area contributed by atoms with Gasteiger partial charge in [0.05, 0.1) is 30.4 Å². The van der Waals surface area contributed by atoms with Gasteiger partial charge in [0.15, 0.2) is 18.5 Å². The van der Waals surface area contributed by atoms with Gasteiger partial charge in [-0.15, -0.1) is 0 Å². The number of esters is 3. The maximum atomic E-state index is 13.3. The summed E-state index contributed by atoms with van der Waals surface area (Å²) in [5.41, 5.74) is 1.50. The Morgan fingerprint density at radius 2 is 1.13 bits per heavy atom. The fraction of sp³-hybridized carbons (Fsp3) is 0.229. The van der Waals surface area contributed by atoms with E-state index in [-0.39, 0.29) is 17.7 Å². The lowest BCUT2D eigenvalue weighted by atomic mass is 9.97. The van der Waals surface area contributed by atoms with E-state index in [0.717, 1.165) is 5.56 Å². The van der Waals surface area contributed by atoms with Crippen LogP contribution in [0.1, 0.15) is 36.6 Å². The van der Waals surface area contributed by atoms with Gasteiger partial charge in [-0.3, -0.25) is 0 Å². The van der Waals surface area contributed by atoms with Gasteiger partial charge in [0.25, 0.3) is 0 Å². The third kappa shape index (κ3) is 8.12. The highest BCUT2D eigenvalue weighted by Crippen LogP contribution is 2.30. The molecule has 0 saturated carbocycles. The number of ether oxygens (including phenoxy) is 6. The predicted octanol–water partition coefficient (Wildman–Crippen LogP) is 4.61. The summed E-state index contributed by atoms with van der Waals surface area (Å²) in [6, 6.07) is 31.9. The van der Waals surface area contributed by atoms with Crippen LogP contribution < -0.4 is 4.74 Å². The van der Waals surface area contributed by atoms with Crippen LogP contribution in [0.2, 0.25) is 0 Å². The van der Waals surface area contributed by atoms with Crippen LogP contribution in [-0.2, 0) is 30.3 Å². The highest BCUT2D eigenvalue weighted by atomic mass is 16.7. The molecule has 10 heteroatoms. The van der Waals surface area contributed by atoms with E-state index in [2.05, 4.69) is 0 Å². The van der Waals surface area contributed by atoms with Crippen molar-refractivity contribution >= 4 is 17.9 Å². The Morgan fingerprint density at radius 1 is 0.644 bits per heavy atom. The van der Waals surface area contributed by atoms with Gasteiger partial charge in [-0.25, -0.2) is 14.4 Å². The summed E-state index contributed by atoms with van der Waals surface area (Å²) in [7, 11) is 1.55. The molecule has 0 radical (unpaired) electrons. The molecule has 1 N–H and O–H groups in total. The van der Waals surface area contributed by atoms with Crippen molar-refractivity contribution in [3.05, 3.63) is 138 Å². The monoisotopic (exact) mass is 612 g/mol. The molecule has 1 fully saturated rings. The summed E-state index contributed by atoms with van der Waals surface area (Å²) in [5, 5.41) is 11.1. The van der Waals surface area contributed by atoms with Crippen LogP contribution in [0.25, 0.3) is 0 Å². The van der Waals surface area contributed by atoms with Gasteiger partial charge < -0.3 is 33.5 Å². The molecule has 1 aliphatic heterocycles. The number of hydrogen-bond donors (Lipinski definition) is 1. The number of aliphatic hydroxyl groups excluding tert-OH is 1. The summed E-state index contributed by atoms with van der Waals surface area (Å²) in [6.07, 6.45) is -6.85. The molecule has 232 valence electrons. The fourth-order valence-electron chi connectivity index (χ4n) is 4.75. The summed E-state index contributed by atoms with van der Waals surface area (Å²) in [4.78, 5) is 39.2. The Labute approximate surface area is 260 Å². The summed E-state index contributed by atoms with van der Waals surface area (Å²) < 4.78 is 34.5. The Kier molecular flexibility index (Phi) is 10.5. The third-order valence-electron chi connectivity index (χ3n) is 7.10. The molecule has 10 nitrogen and oxygen atoms in total. The van der Waals surface area contributed by atoms with E-state index in [1.165, 1.54) is 0 Å². The zero-order valence-electron chi connectivity index (χ0n) is 24.4. The van der Waals surface area contributed by atoms with E-state index < -0.39 is 55.2 Å². The van der Waals surface area contributed by atoms with Gasteiger partial charge >= 0.3 is 17.9 Å². The summed E-state index contributed by atoms with van der Waals surface area (Å²) >= 11 is 0. The van der Waals surface area contributed by atoms with E-state index in [1.54, 1.807) is 122 Å². The van der Waals surface area contributed by atoms with Gasteiger partial charge in [-0.05, 0) is 54.1 Å². The third-order valence-corrected chi connectivity index (χ3v) is 7.10. The average molecular weight is 613 g/mol. The second kappa shape index (κ2) is 15.1. The molecule has 5 atom stereocenters. The number of carbonyl (C=O) groups excluding carboxylic acids is 3. The minimum atomic E-state index is -1.72. The lowest BCUT2D eigenvalue weighted by Gasteiger charge is -2.43. The standard InChI is InChI=1S/C35H32O10/c1-40-27-19-17-23(18-20-27)21-41-30-29(44-33(37)25-13-7-3-8-14-25)28(22-42-32(36)24-11-5-2-6-12-24)43-35(39)31(30)45-34(38)26-15-9-4-10-16-26/h2-20,28-31,35,39H,21-22H2,1H3/t28-,29-,30+,31+,35+/m1/s1. The van der Waals surface area contributed by atoms with Crippen LogP contribution in [0.5, 0.6) is 5.75 Å². The van der Waals surface area contributed by atoms with Gasteiger partial charge in [-0.2, -0.15) is 0 Å². The molecule has 1 saturated heterocycles. The molecular weight excluding hydrogens is 580 g/mol. The highest BCUT2D eigenvalue weighted by Gasteiger charge is 2.51. The van der Waals surface area contributed by atoms with E-state index in [9.17, 15) is 19.5 Å². The zero-order valence-corrected chi connectivity index (χ0v) is 24.4. The van der Waals surface area contributed by atoms with E-state index in [4.69, 9.17) is 28.4 Å². The van der Waals surface area contributed by atoms with Gasteiger partial charge in [0.2, 0.25) is 0 Å². The van der Waals surface area contributed by atoms with Crippen LogP contribution in [0.4, 0.5) is 0 Å². The van der Waals surface area contributed by atoms with Crippen molar-refractivity contribution in [2.75, 3.05) is 13.7 Å². The lowest BCUT2D eigenvalue weighted by molar-refractivity contribution is -0.294. The molecule has 0 bridgehead atoms. The minimum absolute atomic E-state index is 0.0172. The molecule has 4 aromatic rings. The molecule has 0 unspecified atom stereocenters. The Morgan fingerprint density at radius 3 is 1.64 bits per heavy atom. The number of methoxy groups -OCH3 is 1. The molecule has 0 aromatic heterocycles. The fourth-order valence-corrected chi connectivity index (χ4v) is 4.75. The van der Waals surface area contributed by atoms with Crippen molar-refractivity contribution in [2.24, 2.45) is 0 Å². The van der Waals surface area contributed by atoms with Crippen molar-refractivity contribution < 1.29 is 47.9 Å². The molecule has 1 aliphatic rings. The van der Waals surface area contributed by atoms with Gasteiger partial charge in [0, 0.05) is 0 Å². The van der Waals surface area contributed by atoms with Crippen LogP contribution in [-0.4, -0.2) is 67.4 Å². The highest BCUT2D eigenvalue weighted by molar-refractivity contribution is 5.90. The molecule has 0 amide bonds. The van der Waals surface area contributed by atoms with Gasteiger partial charge in [-0.1, -0.05) is 66.7 Å². The first kappa shape index (κ1) is 31.4. The van der Waals surface area contributed by atoms with Crippen LogP contribution in [0.3, 0.4) is 0 Å². The number of hydrogen-bond acceptors (Lipinski definition) is 10. The second-order valence-corrected chi connectivity index (χ2v) is 10.1. The minimum Gasteiger partial charge on any atom is -0.497 e. The number of carbonyl (C=O) groups is 3. The SMILES string of the molecule is COc1ccc(CO[C@@H]2[C@H](OC(=O)c3ccccc3)[C@@H](O)O[C@H](COC(=O)c3ccccc3)[C@H]2OC(=O)c2ccccc2)cc1. The number of rotatable bonds is 11. The lowest BCUT2D eigenvalue weighted by Crippen LogP contribution is -2.62. The first-order valence-corrected chi connectivity index (χ1v) is 14.2. The van der Waals surface area contributed by atoms with Crippen molar-refractivity contribution in [3.8, 4) is 5.75 Å². The van der Waals surface area contributed by atoms with E-state index in [1.807, 2.05) is 0 Å². The molecule has 0 aliphatic carbocycles. The number of aliphatic hydroxyl groups is 1. The molecule has 0 spiro atoms. The number of benzene rings is 4. The molecule has 45 heavy (non-hydrogen) atoms. The van der Waals surface area contributed by atoms with Crippen molar-refractivity contribution in [1.82, 2.24) is 0 Å². The maximum absolute atomic E-state index is 13.3. The van der Waals surface area contributed by atoms with Crippen molar-refractivity contribution in [2.45, 2.75) is 37.3 Å². The smallest absolute Gasteiger partial charge is 0.338 e. The average Bonchev–Trinajstić information content (AvgIpc) is 3.09. The molecule has 5 rings (SSSR count). The van der Waals surface area contributed by atoms with Crippen molar-refractivity contribution in [1.29, 1.82) is 0 Å². The Hall–Kier alpha value is -5.03. The molecular formula is C35H32O10. The normalized spacial score (nSPS) is 20.9. The van der Waals surface area contributed by atoms with Crippen LogP contribution in [0, 0.1) is 0 Å². The Bertz CT molecular complexity index is 1540. The summed E-state index contributed by atoms with van der Waals surface area (Å²) in [5.74, 6) is -1.46. The van der Waals surface area contributed by atoms with Crippen LogP contribution in [0.15, 0.2) is 115 Å². The first-order chi connectivity index (χ1) is 21.9. The Balaban J connectivity index is 1.45. The van der Waals surface area contributed by atoms with Crippen LogP contribution >= 0.6 is 0 Å². The predicted molar refractivity (Wildman–Crippen MR) is 160 cm³/mol. The quantitative estimate of drug-likeness (QED) is 0.190. The molecule has 1 heterocycles. The summed E-state index contributed by atoms with van der Waals surface area (Å²) in [6.45, 7) is -0.421. The zero-order chi connectivity index (χ0) is 31.6. The second-order valence-electron chi connectivity index (χ2n) is 10.1. The van der Waals surface area contributed by atoms with E-state index in [0.29, 0.717) is 11.3 Å². The molecule has 4 aromatic carbocycles. The topological polar surface area (TPSA) is 127 Å². The van der Waals surface area contributed by atoms with Crippen molar-refractivity contribution in [3.63, 3.8) is 0 Å².